The van der Waals surface area contributed by atoms with Crippen LogP contribution in [0.25, 0.3) is 0 Å². The number of benzene rings is 1. The maximum absolute atomic E-state index is 12.6. The molecule has 1 heterocycles. The molecule has 1 aromatic carbocycles. The molecule has 1 saturated heterocycles. The van der Waals surface area contributed by atoms with Gasteiger partial charge in [0.15, 0.2) is 0 Å². The highest BCUT2D eigenvalue weighted by Gasteiger charge is 2.28. The van der Waals surface area contributed by atoms with Crippen LogP contribution in [0.2, 0.25) is 5.02 Å². The lowest BCUT2D eigenvalue weighted by atomic mass is 10.3. The van der Waals surface area contributed by atoms with Crippen LogP contribution >= 0.6 is 11.6 Å². The normalized spacial score (nSPS) is 17.6. The lowest BCUT2D eigenvalue weighted by Gasteiger charge is -2.33. The zero-order chi connectivity index (χ0) is 15.5. The second-order valence-corrected chi connectivity index (χ2v) is 7.13. The molecule has 2 rings (SSSR count). The molecule has 0 aliphatic carbocycles. The van der Waals surface area contributed by atoms with E-state index in [4.69, 9.17) is 16.3 Å². The summed E-state index contributed by atoms with van der Waals surface area (Å²) >= 11 is 6.01. The van der Waals surface area contributed by atoms with Crippen molar-refractivity contribution in [1.82, 2.24) is 9.21 Å². The van der Waals surface area contributed by atoms with E-state index in [2.05, 4.69) is 11.5 Å². The SMILES string of the molecule is C=CCN1CCN(S(=O)(=O)c2ccc(OC)c(Cl)c2)CC1. The smallest absolute Gasteiger partial charge is 0.243 e. The first-order chi connectivity index (χ1) is 9.98. The summed E-state index contributed by atoms with van der Waals surface area (Å²) in [7, 11) is -2.01. The number of methoxy groups -OCH3 is 1. The molecular weight excluding hydrogens is 312 g/mol. The molecule has 5 nitrogen and oxygen atoms in total. The summed E-state index contributed by atoms with van der Waals surface area (Å²) < 4.78 is 31.7. The Morgan fingerprint density at radius 3 is 2.52 bits per heavy atom. The average Bonchev–Trinajstić information content (AvgIpc) is 2.48. The van der Waals surface area contributed by atoms with Crippen molar-refractivity contribution in [3.63, 3.8) is 0 Å². The summed E-state index contributed by atoms with van der Waals surface area (Å²) in [5.41, 5.74) is 0. The van der Waals surface area contributed by atoms with Crippen molar-refractivity contribution in [3.8, 4) is 5.75 Å². The molecule has 7 heteroatoms. The molecule has 0 unspecified atom stereocenters. The third kappa shape index (κ3) is 3.58. The molecule has 1 aliphatic heterocycles. The minimum atomic E-state index is -3.51. The highest BCUT2D eigenvalue weighted by atomic mass is 35.5. The molecule has 0 atom stereocenters. The minimum Gasteiger partial charge on any atom is -0.495 e. The lowest BCUT2D eigenvalue weighted by Crippen LogP contribution is -2.48. The summed E-state index contributed by atoms with van der Waals surface area (Å²) in [6.45, 7) is 6.83. The van der Waals surface area contributed by atoms with Crippen LogP contribution in [-0.4, -0.2) is 57.5 Å². The first-order valence-corrected chi connectivity index (χ1v) is 8.48. The molecule has 1 aromatic rings. The number of piperazine rings is 1. The van der Waals surface area contributed by atoms with Crippen molar-refractivity contribution < 1.29 is 13.2 Å². The monoisotopic (exact) mass is 330 g/mol. The number of hydrogen-bond donors (Lipinski definition) is 0. The van der Waals surface area contributed by atoms with E-state index in [-0.39, 0.29) is 4.90 Å². The fraction of sp³-hybridized carbons (Fsp3) is 0.429. The van der Waals surface area contributed by atoms with Crippen LogP contribution in [0.15, 0.2) is 35.7 Å². The number of nitrogens with zero attached hydrogens (tertiary/aromatic N) is 2. The number of hydrogen-bond acceptors (Lipinski definition) is 4. The molecule has 0 radical (unpaired) electrons. The number of ether oxygens (including phenoxy) is 1. The molecule has 116 valence electrons. The number of sulfonamides is 1. The third-order valence-corrected chi connectivity index (χ3v) is 5.67. The molecule has 0 amide bonds. The van der Waals surface area contributed by atoms with Gasteiger partial charge >= 0.3 is 0 Å². The van der Waals surface area contributed by atoms with Gasteiger partial charge in [-0.05, 0) is 18.2 Å². The Bertz CT molecular complexity index is 611. The Labute approximate surface area is 130 Å². The van der Waals surface area contributed by atoms with Gasteiger partial charge in [-0.2, -0.15) is 4.31 Å². The van der Waals surface area contributed by atoms with Gasteiger partial charge in [0.1, 0.15) is 5.75 Å². The maximum Gasteiger partial charge on any atom is 0.243 e. The summed E-state index contributed by atoms with van der Waals surface area (Å²) in [6.07, 6.45) is 1.83. The standard InChI is InChI=1S/C14H19ClN2O3S/c1-3-6-16-7-9-17(10-8-16)21(18,19)12-4-5-14(20-2)13(15)11-12/h3-5,11H,1,6-10H2,2H3. The van der Waals surface area contributed by atoms with Gasteiger partial charge in [-0.3, -0.25) is 4.90 Å². The van der Waals surface area contributed by atoms with Gasteiger partial charge in [0.2, 0.25) is 10.0 Å². The first-order valence-electron chi connectivity index (χ1n) is 6.66. The molecular formula is C14H19ClN2O3S. The van der Waals surface area contributed by atoms with E-state index in [1.807, 2.05) is 6.08 Å². The van der Waals surface area contributed by atoms with E-state index < -0.39 is 10.0 Å². The van der Waals surface area contributed by atoms with Crippen molar-refractivity contribution in [3.05, 3.63) is 35.9 Å². The second-order valence-electron chi connectivity index (χ2n) is 4.79. The van der Waals surface area contributed by atoms with Crippen LogP contribution < -0.4 is 4.74 Å². The van der Waals surface area contributed by atoms with Gasteiger partial charge in [0, 0.05) is 32.7 Å². The predicted molar refractivity (Wildman–Crippen MR) is 83.4 cm³/mol. The Hall–Kier alpha value is -1.08. The quantitative estimate of drug-likeness (QED) is 0.773. The Morgan fingerprint density at radius 1 is 1.33 bits per heavy atom. The van der Waals surface area contributed by atoms with Crippen LogP contribution in [-0.2, 0) is 10.0 Å². The lowest BCUT2D eigenvalue weighted by molar-refractivity contribution is 0.204. The molecule has 0 bridgehead atoms. The van der Waals surface area contributed by atoms with E-state index in [1.165, 1.54) is 23.5 Å². The molecule has 1 fully saturated rings. The summed E-state index contributed by atoms with van der Waals surface area (Å²) in [5, 5.41) is 0.295. The van der Waals surface area contributed by atoms with Crippen molar-refractivity contribution in [2.24, 2.45) is 0 Å². The summed E-state index contributed by atoms with van der Waals surface area (Å²) in [4.78, 5) is 2.37. The van der Waals surface area contributed by atoms with Crippen molar-refractivity contribution >= 4 is 21.6 Å². The van der Waals surface area contributed by atoms with Gasteiger partial charge < -0.3 is 4.74 Å². The van der Waals surface area contributed by atoms with Crippen LogP contribution in [0.1, 0.15) is 0 Å². The van der Waals surface area contributed by atoms with Crippen molar-refractivity contribution in [2.45, 2.75) is 4.90 Å². The summed E-state index contributed by atoms with van der Waals surface area (Å²) in [5.74, 6) is 0.464. The Balaban J connectivity index is 2.15. The van der Waals surface area contributed by atoms with Crippen LogP contribution in [0.3, 0.4) is 0 Å². The Kier molecular flexibility index (Phi) is 5.27. The van der Waals surface area contributed by atoms with E-state index in [0.29, 0.717) is 37.0 Å². The third-order valence-electron chi connectivity index (χ3n) is 3.48. The topological polar surface area (TPSA) is 49.9 Å². The van der Waals surface area contributed by atoms with Crippen molar-refractivity contribution in [2.75, 3.05) is 39.8 Å². The van der Waals surface area contributed by atoms with Crippen LogP contribution in [0, 0.1) is 0 Å². The first kappa shape index (κ1) is 16.3. The predicted octanol–water partition coefficient (Wildman–Crippen LogP) is 1.84. The van der Waals surface area contributed by atoms with E-state index in [1.54, 1.807) is 6.07 Å². The van der Waals surface area contributed by atoms with Crippen LogP contribution in [0.4, 0.5) is 0 Å². The zero-order valence-corrected chi connectivity index (χ0v) is 13.5. The molecule has 0 aromatic heterocycles. The molecule has 0 saturated carbocycles. The second kappa shape index (κ2) is 6.79. The Morgan fingerprint density at radius 2 is 2.00 bits per heavy atom. The highest BCUT2D eigenvalue weighted by molar-refractivity contribution is 7.89. The fourth-order valence-electron chi connectivity index (χ4n) is 2.29. The highest BCUT2D eigenvalue weighted by Crippen LogP contribution is 2.28. The fourth-order valence-corrected chi connectivity index (χ4v) is 4.06. The van der Waals surface area contributed by atoms with Gasteiger partial charge in [0.05, 0.1) is 17.0 Å². The van der Waals surface area contributed by atoms with Crippen molar-refractivity contribution in [1.29, 1.82) is 0 Å². The number of halogens is 1. The van der Waals surface area contributed by atoms with Crippen LogP contribution in [0.5, 0.6) is 5.75 Å². The van der Waals surface area contributed by atoms with Gasteiger partial charge in [-0.1, -0.05) is 17.7 Å². The largest absolute Gasteiger partial charge is 0.495 e. The van der Waals surface area contributed by atoms with Gasteiger partial charge in [-0.15, -0.1) is 6.58 Å². The maximum atomic E-state index is 12.6. The van der Waals surface area contributed by atoms with Gasteiger partial charge in [0.25, 0.3) is 0 Å². The summed E-state index contributed by atoms with van der Waals surface area (Å²) in [6, 6.07) is 4.53. The number of rotatable bonds is 5. The van der Waals surface area contributed by atoms with E-state index in [9.17, 15) is 8.42 Å². The molecule has 21 heavy (non-hydrogen) atoms. The zero-order valence-electron chi connectivity index (χ0n) is 12.0. The van der Waals surface area contributed by atoms with E-state index >= 15 is 0 Å². The average molecular weight is 331 g/mol. The van der Waals surface area contributed by atoms with E-state index in [0.717, 1.165) is 6.54 Å². The molecule has 0 N–H and O–H groups in total. The minimum absolute atomic E-state index is 0.200. The molecule has 1 aliphatic rings. The van der Waals surface area contributed by atoms with Gasteiger partial charge in [-0.25, -0.2) is 8.42 Å². The molecule has 0 spiro atoms.